The smallest absolute Gasteiger partial charge is 0.126 e. The van der Waals surface area contributed by atoms with Crippen LogP contribution in [-0.4, -0.2) is 16.8 Å². The van der Waals surface area contributed by atoms with Crippen molar-refractivity contribution in [1.82, 2.24) is 0 Å². The van der Waals surface area contributed by atoms with E-state index in [2.05, 4.69) is 13.8 Å². The number of rotatable bonds is 1. The van der Waals surface area contributed by atoms with Crippen molar-refractivity contribution in [2.45, 2.75) is 39.7 Å². The maximum absolute atomic E-state index is 11.7. The van der Waals surface area contributed by atoms with Crippen LogP contribution in [0, 0.1) is 19.3 Å². The van der Waals surface area contributed by atoms with E-state index >= 15 is 0 Å². The molecule has 0 bridgehead atoms. The van der Waals surface area contributed by atoms with Gasteiger partial charge in [0.05, 0.1) is 6.61 Å². The van der Waals surface area contributed by atoms with Crippen LogP contribution in [0.2, 0.25) is 0 Å². The van der Waals surface area contributed by atoms with Crippen LogP contribution in [0.4, 0.5) is 0 Å². The molecule has 1 aliphatic rings. The average molecular weight is 312 g/mol. The summed E-state index contributed by atoms with van der Waals surface area (Å²) in [6.45, 7) is 8.80. The third-order valence-corrected chi connectivity index (χ3v) is 4.72. The van der Waals surface area contributed by atoms with Gasteiger partial charge in [-0.15, -0.1) is 0 Å². The van der Waals surface area contributed by atoms with E-state index in [1.54, 1.807) is 18.2 Å². The van der Waals surface area contributed by atoms with Crippen LogP contribution < -0.4 is 4.74 Å². The Morgan fingerprint density at radius 3 is 2.43 bits per heavy atom. The topological polar surface area (TPSA) is 49.7 Å². The van der Waals surface area contributed by atoms with Gasteiger partial charge in [0, 0.05) is 11.0 Å². The van der Waals surface area contributed by atoms with E-state index in [4.69, 9.17) is 4.74 Å². The zero-order chi connectivity index (χ0) is 16.8. The molecule has 0 spiro atoms. The fourth-order valence-electron chi connectivity index (χ4n) is 3.36. The Morgan fingerprint density at radius 2 is 1.74 bits per heavy atom. The van der Waals surface area contributed by atoms with Crippen molar-refractivity contribution in [3.8, 4) is 11.5 Å². The summed E-state index contributed by atoms with van der Waals surface area (Å²) in [5, 5.41) is 21.5. The molecular weight excluding hydrogens is 288 g/mol. The van der Waals surface area contributed by atoms with Crippen LogP contribution in [-0.2, 0) is 5.60 Å². The summed E-state index contributed by atoms with van der Waals surface area (Å²) < 4.78 is 6.02. The second-order valence-corrected chi connectivity index (χ2v) is 7.47. The fourth-order valence-corrected chi connectivity index (χ4v) is 3.36. The molecule has 0 saturated heterocycles. The molecule has 2 N–H and O–H groups in total. The van der Waals surface area contributed by atoms with E-state index in [9.17, 15) is 10.2 Å². The summed E-state index contributed by atoms with van der Waals surface area (Å²) >= 11 is 0. The minimum Gasteiger partial charge on any atom is -0.508 e. The van der Waals surface area contributed by atoms with Gasteiger partial charge in [0.15, 0.2) is 0 Å². The minimum atomic E-state index is -1.19. The summed E-state index contributed by atoms with van der Waals surface area (Å²) in [6, 6.07) is 10.9. The molecule has 0 fully saturated rings. The number of ether oxygens (including phenoxy) is 1. The van der Waals surface area contributed by atoms with Gasteiger partial charge in [0.2, 0.25) is 0 Å². The molecule has 1 atom stereocenters. The second-order valence-electron chi connectivity index (χ2n) is 7.47. The number of phenols is 1. The Kier molecular flexibility index (Phi) is 3.64. The largest absolute Gasteiger partial charge is 0.508 e. The third kappa shape index (κ3) is 2.81. The highest BCUT2D eigenvalue weighted by atomic mass is 16.5. The highest BCUT2D eigenvalue weighted by molar-refractivity contribution is 5.51. The van der Waals surface area contributed by atoms with Gasteiger partial charge >= 0.3 is 0 Å². The fraction of sp³-hybridized carbons (Fsp3) is 0.400. The van der Waals surface area contributed by atoms with Crippen molar-refractivity contribution in [2.75, 3.05) is 6.61 Å². The first kappa shape index (κ1) is 15.9. The molecule has 1 aliphatic heterocycles. The molecule has 0 radical (unpaired) electrons. The van der Waals surface area contributed by atoms with Gasteiger partial charge in [0.1, 0.15) is 17.1 Å². The van der Waals surface area contributed by atoms with Gasteiger partial charge < -0.3 is 14.9 Å². The lowest BCUT2D eigenvalue weighted by Gasteiger charge is -2.34. The minimum absolute atomic E-state index is 0.157. The summed E-state index contributed by atoms with van der Waals surface area (Å²) in [6.07, 6.45) is 0.527. The van der Waals surface area contributed by atoms with Gasteiger partial charge in [-0.2, -0.15) is 0 Å². The van der Waals surface area contributed by atoms with Crippen LogP contribution >= 0.6 is 0 Å². The predicted octanol–water partition coefficient (Wildman–Crippen LogP) is 4.05. The van der Waals surface area contributed by atoms with Crippen LogP contribution in [0.1, 0.15) is 42.5 Å². The Bertz CT molecular complexity index is 749. The summed E-state index contributed by atoms with van der Waals surface area (Å²) in [7, 11) is 0. The van der Waals surface area contributed by atoms with E-state index in [0.717, 1.165) is 22.4 Å². The predicted molar refractivity (Wildman–Crippen MR) is 90.9 cm³/mol. The van der Waals surface area contributed by atoms with Crippen LogP contribution in [0.15, 0.2) is 36.4 Å². The first-order chi connectivity index (χ1) is 10.7. The zero-order valence-corrected chi connectivity index (χ0v) is 14.2. The van der Waals surface area contributed by atoms with E-state index in [1.165, 1.54) is 0 Å². The van der Waals surface area contributed by atoms with Gasteiger partial charge in [-0.25, -0.2) is 0 Å². The Balaban J connectivity index is 2.26. The molecule has 1 unspecified atom stereocenters. The third-order valence-electron chi connectivity index (χ3n) is 4.72. The van der Waals surface area contributed by atoms with Crippen molar-refractivity contribution in [3.63, 3.8) is 0 Å². The first-order valence-electron chi connectivity index (χ1n) is 7.98. The lowest BCUT2D eigenvalue weighted by Crippen LogP contribution is -2.33. The standard InChI is InChI=1S/C20H24O3/c1-13-8-17-18(9-14(13)2)23-12-19(3,4)11-20(17,22)15-6-5-7-16(21)10-15/h5-10,21-22H,11-12H2,1-4H3. The monoisotopic (exact) mass is 312 g/mol. The number of hydrogen-bond donors (Lipinski definition) is 2. The van der Waals surface area contributed by atoms with Gasteiger partial charge in [-0.1, -0.05) is 26.0 Å². The molecule has 3 heteroatoms. The van der Waals surface area contributed by atoms with Crippen molar-refractivity contribution in [3.05, 3.63) is 58.7 Å². The number of phenolic OH excluding ortho intramolecular Hbond substituents is 1. The van der Waals surface area contributed by atoms with Crippen LogP contribution in [0.25, 0.3) is 0 Å². The number of aliphatic hydroxyl groups is 1. The molecule has 0 aliphatic carbocycles. The van der Waals surface area contributed by atoms with Gasteiger partial charge in [-0.3, -0.25) is 0 Å². The van der Waals surface area contributed by atoms with E-state index in [1.807, 2.05) is 32.0 Å². The molecule has 2 aromatic rings. The molecule has 23 heavy (non-hydrogen) atoms. The molecule has 3 rings (SSSR count). The van der Waals surface area contributed by atoms with E-state index < -0.39 is 5.60 Å². The number of hydrogen-bond acceptors (Lipinski definition) is 3. The first-order valence-corrected chi connectivity index (χ1v) is 7.98. The van der Waals surface area contributed by atoms with Gasteiger partial charge in [-0.05, 0) is 61.2 Å². The number of benzene rings is 2. The molecule has 0 saturated carbocycles. The van der Waals surface area contributed by atoms with Crippen molar-refractivity contribution >= 4 is 0 Å². The number of aromatic hydroxyl groups is 1. The van der Waals surface area contributed by atoms with Crippen LogP contribution in [0.3, 0.4) is 0 Å². The lowest BCUT2D eigenvalue weighted by molar-refractivity contribution is 0.0299. The molecule has 122 valence electrons. The Morgan fingerprint density at radius 1 is 1.04 bits per heavy atom. The molecule has 0 amide bonds. The highest BCUT2D eigenvalue weighted by Crippen LogP contribution is 2.47. The summed E-state index contributed by atoms with van der Waals surface area (Å²) in [5.41, 5.74) is 2.35. The number of aryl methyl sites for hydroxylation is 2. The van der Waals surface area contributed by atoms with E-state index in [0.29, 0.717) is 18.6 Å². The average Bonchev–Trinajstić information content (AvgIpc) is 2.56. The normalized spacial score (nSPS) is 22.8. The van der Waals surface area contributed by atoms with Crippen LogP contribution in [0.5, 0.6) is 11.5 Å². The number of fused-ring (bicyclic) bond motifs is 1. The second kappa shape index (κ2) is 5.27. The highest BCUT2D eigenvalue weighted by Gasteiger charge is 2.43. The lowest BCUT2D eigenvalue weighted by atomic mass is 9.74. The maximum Gasteiger partial charge on any atom is 0.126 e. The SMILES string of the molecule is Cc1cc2c(cc1C)C(O)(c1cccc(O)c1)CC(C)(C)CO2. The molecule has 3 nitrogen and oxygen atoms in total. The molecule has 2 aromatic carbocycles. The summed E-state index contributed by atoms with van der Waals surface area (Å²) in [4.78, 5) is 0. The van der Waals surface area contributed by atoms with Crippen molar-refractivity contribution in [2.24, 2.45) is 5.41 Å². The van der Waals surface area contributed by atoms with E-state index in [-0.39, 0.29) is 11.2 Å². The molecular formula is C20H24O3. The maximum atomic E-state index is 11.7. The Labute approximate surface area is 137 Å². The zero-order valence-electron chi connectivity index (χ0n) is 14.2. The van der Waals surface area contributed by atoms with Crippen molar-refractivity contribution in [1.29, 1.82) is 0 Å². The van der Waals surface area contributed by atoms with Crippen molar-refractivity contribution < 1.29 is 14.9 Å². The summed E-state index contributed by atoms with van der Waals surface area (Å²) in [5.74, 6) is 0.883. The quantitative estimate of drug-likeness (QED) is 0.835. The Hall–Kier alpha value is -2.00. The molecule has 1 heterocycles. The van der Waals surface area contributed by atoms with Gasteiger partial charge in [0.25, 0.3) is 0 Å². The molecule has 0 aromatic heterocycles.